The van der Waals surface area contributed by atoms with E-state index in [0.29, 0.717) is 0 Å². The van der Waals surface area contributed by atoms with Gasteiger partial charge in [0.2, 0.25) is 0 Å². The summed E-state index contributed by atoms with van der Waals surface area (Å²) in [7, 11) is 0. The van der Waals surface area contributed by atoms with E-state index < -0.39 is 0 Å². The zero-order valence-corrected chi connectivity index (χ0v) is 21.4. The first-order valence-corrected chi connectivity index (χ1v) is 13.0. The molecule has 0 atom stereocenters. The molecule has 5 aromatic carbocycles. The van der Waals surface area contributed by atoms with Crippen LogP contribution >= 0.6 is 0 Å². The van der Waals surface area contributed by atoms with Crippen LogP contribution in [0, 0.1) is 0 Å². The molecule has 0 amide bonds. The summed E-state index contributed by atoms with van der Waals surface area (Å²) < 4.78 is 0. The van der Waals surface area contributed by atoms with Crippen molar-refractivity contribution in [3.8, 4) is 0 Å². The van der Waals surface area contributed by atoms with Crippen LogP contribution in [0.1, 0.15) is 51.2 Å². The Morgan fingerprint density at radius 3 is 0.944 bits per heavy atom. The molecule has 0 saturated heterocycles. The van der Waals surface area contributed by atoms with Crippen LogP contribution in [0.3, 0.4) is 0 Å². The van der Waals surface area contributed by atoms with E-state index in [1.54, 1.807) is 0 Å². The van der Waals surface area contributed by atoms with Gasteiger partial charge in [0.15, 0.2) is 0 Å². The standard InChI is InChI=1S/C28H22N4.2C2H6/c1-5-17-6-2-10-22-25(17)21(9-1)29-27(30-22)19-13-15-20(16-14-19)28-31-23-11-3-7-18-8-4-12-24(32-28)26(18)23;2*1-2/h1-16,27-32H;2*1-2H3. The number of rotatable bonds is 2. The highest BCUT2D eigenvalue weighted by Crippen LogP contribution is 2.40. The summed E-state index contributed by atoms with van der Waals surface area (Å²) in [6, 6.07) is 34.5. The first-order valence-electron chi connectivity index (χ1n) is 13.0. The maximum Gasteiger partial charge on any atom is 0.123 e. The molecule has 4 heteroatoms. The number of benzene rings is 5. The lowest BCUT2D eigenvalue weighted by molar-refractivity contribution is 0.875. The summed E-state index contributed by atoms with van der Waals surface area (Å²) in [5, 5.41) is 19.7. The van der Waals surface area contributed by atoms with Crippen LogP contribution in [0.25, 0.3) is 21.5 Å². The molecule has 36 heavy (non-hydrogen) atoms. The summed E-state index contributed by atoms with van der Waals surface area (Å²) in [5.41, 5.74) is 7.10. The molecule has 0 radical (unpaired) electrons. The second-order valence-electron chi connectivity index (χ2n) is 8.53. The normalized spacial score (nSPS) is 13.7. The van der Waals surface area contributed by atoms with Crippen molar-refractivity contribution in [1.82, 2.24) is 0 Å². The zero-order valence-electron chi connectivity index (χ0n) is 21.4. The molecule has 4 nitrogen and oxygen atoms in total. The van der Waals surface area contributed by atoms with Gasteiger partial charge in [-0.15, -0.1) is 0 Å². The minimum atomic E-state index is 0.0336. The van der Waals surface area contributed by atoms with Gasteiger partial charge in [-0.25, -0.2) is 0 Å². The fourth-order valence-electron chi connectivity index (χ4n) is 5.07. The Morgan fingerprint density at radius 1 is 0.389 bits per heavy atom. The lowest BCUT2D eigenvalue weighted by Gasteiger charge is -2.31. The van der Waals surface area contributed by atoms with Crippen molar-refractivity contribution >= 4 is 44.3 Å². The molecule has 0 unspecified atom stereocenters. The van der Waals surface area contributed by atoms with Crippen molar-refractivity contribution in [2.75, 3.05) is 21.3 Å². The quantitative estimate of drug-likeness (QED) is 0.206. The third-order valence-corrected chi connectivity index (χ3v) is 6.61. The first-order chi connectivity index (χ1) is 17.8. The van der Waals surface area contributed by atoms with Crippen LogP contribution < -0.4 is 21.3 Å². The van der Waals surface area contributed by atoms with Crippen molar-refractivity contribution in [1.29, 1.82) is 0 Å². The molecule has 7 rings (SSSR count). The smallest absolute Gasteiger partial charge is 0.123 e. The minimum absolute atomic E-state index is 0.0336. The molecule has 0 saturated carbocycles. The molecular formula is C32H34N4. The van der Waals surface area contributed by atoms with Crippen LogP contribution in [0.5, 0.6) is 0 Å². The van der Waals surface area contributed by atoms with Gasteiger partial charge in [-0.3, -0.25) is 0 Å². The molecule has 2 aliphatic heterocycles. The van der Waals surface area contributed by atoms with Gasteiger partial charge in [-0.2, -0.15) is 0 Å². The van der Waals surface area contributed by atoms with Gasteiger partial charge in [0.1, 0.15) is 12.3 Å². The Morgan fingerprint density at radius 2 is 0.667 bits per heavy atom. The minimum Gasteiger partial charge on any atom is -0.361 e. The van der Waals surface area contributed by atoms with E-state index in [-0.39, 0.29) is 12.3 Å². The fraction of sp³-hybridized carbons (Fsp3) is 0.188. The number of anilines is 4. The van der Waals surface area contributed by atoms with E-state index in [4.69, 9.17) is 0 Å². The molecule has 2 heterocycles. The summed E-state index contributed by atoms with van der Waals surface area (Å²) in [6.45, 7) is 8.00. The average Bonchev–Trinajstić information content (AvgIpc) is 2.96. The van der Waals surface area contributed by atoms with Crippen LogP contribution in [-0.2, 0) is 0 Å². The molecule has 5 aromatic rings. The van der Waals surface area contributed by atoms with Gasteiger partial charge in [0, 0.05) is 33.5 Å². The lowest BCUT2D eigenvalue weighted by Crippen LogP contribution is -2.25. The Kier molecular flexibility index (Phi) is 6.68. The molecule has 2 aliphatic rings. The molecule has 0 fully saturated rings. The second-order valence-corrected chi connectivity index (χ2v) is 8.53. The van der Waals surface area contributed by atoms with Crippen molar-refractivity contribution in [2.24, 2.45) is 0 Å². The maximum atomic E-state index is 3.66. The summed E-state index contributed by atoms with van der Waals surface area (Å²) >= 11 is 0. The van der Waals surface area contributed by atoms with E-state index in [0.717, 1.165) is 0 Å². The van der Waals surface area contributed by atoms with Gasteiger partial charge < -0.3 is 21.3 Å². The van der Waals surface area contributed by atoms with Crippen LogP contribution in [0.2, 0.25) is 0 Å². The third-order valence-electron chi connectivity index (χ3n) is 6.61. The van der Waals surface area contributed by atoms with E-state index in [2.05, 4.69) is 118 Å². The van der Waals surface area contributed by atoms with Gasteiger partial charge >= 0.3 is 0 Å². The first kappa shape index (κ1) is 23.6. The Hall–Kier alpha value is -4.18. The topological polar surface area (TPSA) is 48.1 Å². The molecule has 0 aromatic heterocycles. The van der Waals surface area contributed by atoms with Crippen molar-refractivity contribution in [3.05, 3.63) is 108 Å². The Balaban J connectivity index is 0.000000637. The molecular weight excluding hydrogens is 440 g/mol. The van der Waals surface area contributed by atoms with E-state index >= 15 is 0 Å². The molecule has 182 valence electrons. The predicted molar refractivity (Wildman–Crippen MR) is 157 cm³/mol. The summed E-state index contributed by atoms with van der Waals surface area (Å²) in [4.78, 5) is 0. The summed E-state index contributed by atoms with van der Waals surface area (Å²) in [5.74, 6) is 0. The van der Waals surface area contributed by atoms with Gasteiger partial charge in [0.25, 0.3) is 0 Å². The SMILES string of the molecule is CC.CC.c1cc2c3c(cccc3c1)NC(c1ccc(C3Nc4cccc5cccc(c45)N3)cc1)N2. The van der Waals surface area contributed by atoms with Crippen molar-refractivity contribution in [3.63, 3.8) is 0 Å². The summed E-state index contributed by atoms with van der Waals surface area (Å²) in [6.07, 6.45) is 0.0672. The Bertz CT molecular complexity index is 1290. The van der Waals surface area contributed by atoms with E-state index in [1.807, 2.05) is 27.7 Å². The number of hydrogen-bond acceptors (Lipinski definition) is 4. The third kappa shape index (κ3) is 4.09. The maximum absolute atomic E-state index is 3.66. The highest BCUT2D eigenvalue weighted by Gasteiger charge is 2.22. The fourth-order valence-corrected chi connectivity index (χ4v) is 5.07. The van der Waals surface area contributed by atoms with Crippen LogP contribution in [0.4, 0.5) is 22.7 Å². The Labute approximate surface area is 213 Å². The highest BCUT2D eigenvalue weighted by molar-refractivity contribution is 6.05. The van der Waals surface area contributed by atoms with E-state index in [9.17, 15) is 0 Å². The van der Waals surface area contributed by atoms with Gasteiger partial charge in [0.05, 0.1) is 0 Å². The van der Waals surface area contributed by atoms with Gasteiger partial charge in [-0.1, -0.05) is 100 Å². The van der Waals surface area contributed by atoms with Crippen LogP contribution in [-0.4, -0.2) is 0 Å². The van der Waals surface area contributed by atoms with Crippen LogP contribution in [0.15, 0.2) is 97.1 Å². The number of nitrogens with one attached hydrogen (secondary N) is 4. The molecule has 0 aliphatic carbocycles. The second kappa shape index (κ2) is 10.2. The number of hydrogen-bond donors (Lipinski definition) is 4. The van der Waals surface area contributed by atoms with Crippen molar-refractivity contribution in [2.45, 2.75) is 40.0 Å². The molecule has 0 spiro atoms. The predicted octanol–water partition coefficient (Wildman–Crippen LogP) is 9.12. The van der Waals surface area contributed by atoms with Gasteiger partial charge in [-0.05, 0) is 46.2 Å². The average molecular weight is 475 g/mol. The van der Waals surface area contributed by atoms with Crippen molar-refractivity contribution < 1.29 is 0 Å². The largest absolute Gasteiger partial charge is 0.361 e. The van der Waals surface area contributed by atoms with E-state index in [1.165, 1.54) is 55.4 Å². The molecule has 4 N–H and O–H groups in total. The highest BCUT2D eigenvalue weighted by atomic mass is 15.2. The monoisotopic (exact) mass is 474 g/mol. The molecule has 0 bridgehead atoms. The lowest BCUT2D eigenvalue weighted by atomic mass is 10.00. The zero-order chi connectivity index (χ0) is 25.1.